The zero-order chi connectivity index (χ0) is 12.5. The summed E-state index contributed by atoms with van der Waals surface area (Å²) in [5.41, 5.74) is 5.12. The van der Waals surface area contributed by atoms with Crippen molar-refractivity contribution in [2.75, 3.05) is 5.73 Å². The standard InChI is InChI=1S/C10H9F3N4/c11-10(12,13)8-3-1-2-7(4-8)5-17-6-15-9(14)16-17/h1-4,6H,5H2,(H2,14,16). The number of benzene rings is 1. The molecule has 90 valence electrons. The van der Waals surface area contributed by atoms with Crippen molar-refractivity contribution in [3.63, 3.8) is 0 Å². The monoisotopic (exact) mass is 242 g/mol. The molecule has 2 rings (SSSR count). The van der Waals surface area contributed by atoms with Gasteiger partial charge in [0.25, 0.3) is 0 Å². The van der Waals surface area contributed by atoms with Crippen LogP contribution in [-0.2, 0) is 12.7 Å². The molecule has 0 bridgehead atoms. The van der Waals surface area contributed by atoms with Crippen molar-refractivity contribution in [2.45, 2.75) is 12.7 Å². The molecule has 0 aliphatic rings. The molecule has 4 nitrogen and oxygen atoms in total. The number of halogens is 3. The molecule has 0 aliphatic heterocycles. The van der Waals surface area contributed by atoms with Gasteiger partial charge >= 0.3 is 6.18 Å². The van der Waals surface area contributed by atoms with E-state index in [4.69, 9.17) is 5.73 Å². The Morgan fingerprint density at radius 2 is 2.06 bits per heavy atom. The Morgan fingerprint density at radius 1 is 1.29 bits per heavy atom. The second kappa shape index (κ2) is 4.08. The fourth-order valence-corrected chi connectivity index (χ4v) is 1.42. The van der Waals surface area contributed by atoms with Crippen molar-refractivity contribution in [2.24, 2.45) is 0 Å². The lowest BCUT2D eigenvalue weighted by Crippen LogP contribution is -2.07. The maximum absolute atomic E-state index is 12.5. The van der Waals surface area contributed by atoms with Gasteiger partial charge in [-0.25, -0.2) is 9.67 Å². The summed E-state index contributed by atoms with van der Waals surface area (Å²) in [7, 11) is 0. The smallest absolute Gasteiger partial charge is 0.367 e. The van der Waals surface area contributed by atoms with Crippen molar-refractivity contribution < 1.29 is 13.2 Å². The molecular formula is C10H9F3N4. The quantitative estimate of drug-likeness (QED) is 0.875. The van der Waals surface area contributed by atoms with E-state index in [1.54, 1.807) is 6.07 Å². The summed E-state index contributed by atoms with van der Waals surface area (Å²) in [6.45, 7) is 0.202. The highest BCUT2D eigenvalue weighted by Gasteiger charge is 2.30. The first kappa shape index (κ1) is 11.4. The summed E-state index contributed by atoms with van der Waals surface area (Å²) in [5, 5.41) is 3.80. The predicted molar refractivity (Wildman–Crippen MR) is 55.0 cm³/mol. The van der Waals surface area contributed by atoms with Gasteiger partial charge in [-0.05, 0) is 17.7 Å². The highest BCUT2D eigenvalue weighted by Crippen LogP contribution is 2.29. The maximum Gasteiger partial charge on any atom is 0.416 e. The largest absolute Gasteiger partial charge is 0.416 e. The second-order valence-corrected chi connectivity index (χ2v) is 3.50. The molecule has 7 heteroatoms. The van der Waals surface area contributed by atoms with E-state index in [1.807, 2.05) is 0 Å². The number of rotatable bonds is 2. The van der Waals surface area contributed by atoms with E-state index < -0.39 is 11.7 Å². The van der Waals surface area contributed by atoms with Gasteiger partial charge in [0.05, 0.1) is 12.1 Å². The molecule has 0 aliphatic carbocycles. The Bertz CT molecular complexity index is 518. The van der Waals surface area contributed by atoms with E-state index in [0.29, 0.717) is 5.56 Å². The van der Waals surface area contributed by atoms with Crippen molar-refractivity contribution in [1.82, 2.24) is 14.8 Å². The zero-order valence-electron chi connectivity index (χ0n) is 8.65. The molecule has 2 aromatic rings. The number of nitrogens with two attached hydrogens (primary N) is 1. The van der Waals surface area contributed by atoms with Gasteiger partial charge in [0.2, 0.25) is 5.95 Å². The fraction of sp³-hybridized carbons (Fsp3) is 0.200. The zero-order valence-corrected chi connectivity index (χ0v) is 8.65. The molecule has 1 heterocycles. The summed E-state index contributed by atoms with van der Waals surface area (Å²) in [6.07, 6.45) is -2.97. The van der Waals surface area contributed by atoms with Gasteiger partial charge in [-0.15, -0.1) is 5.10 Å². The topological polar surface area (TPSA) is 56.7 Å². The van der Waals surface area contributed by atoms with Gasteiger partial charge in [-0.1, -0.05) is 12.1 Å². The van der Waals surface area contributed by atoms with E-state index in [2.05, 4.69) is 10.1 Å². The number of hydrogen-bond acceptors (Lipinski definition) is 3. The molecule has 2 N–H and O–H groups in total. The van der Waals surface area contributed by atoms with Crippen molar-refractivity contribution >= 4 is 5.95 Å². The number of anilines is 1. The molecule has 0 fully saturated rings. The lowest BCUT2D eigenvalue weighted by Gasteiger charge is -2.08. The van der Waals surface area contributed by atoms with Crippen LogP contribution < -0.4 is 5.73 Å². The highest BCUT2D eigenvalue weighted by atomic mass is 19.4. The Morgan fingerprint density at radius 3 is 2.65 bits per heavy atom. The SMILES string of the molecule is Nc1ncn(Cc2cccc(C(F)(F)F)c2)n1. The van der Waals surface area contributed by atoms with Gasteiger partial charge in [0.15, 0.2) is 0 Å². The maximum atomic E-state index is 12.5. The lowest BCUT2D eigenvalue weighted by atomic mass is 10.1. The van der Waals surface area contributed by atoms with Crippen LogP contribution in [0.3, 0.4) is 0 Å². The predicted octanol–water partition coefficient (Wildman–Crippen LogP) is 1.93. The molecule has 0 amide bonds. The molecule has 1 aromatic heterocycles. The molecule has 17 heavy (non-hydrogen) atoms. The first-order valence-electron chi connectivity index (χ1n) is 4.76. The average Bonchev–Trinajstić information content (AvgIpc) is 2.63. The number of aromatic nitrogens is 3. The van der Waals surface area contributed by atoms with Crippen LogP contribution in [0, 0.1) is 0 Å². The number of alkyl halides is 3. The number of nitrogens with zero attached hydrogens (tertiary/aromatic N) is 3. The van der Waals surface area contributed by atoms with E-state index in [-0.39, 0.29) is 12.5 Å². The van der Waals surface area contributed by atoms with Crippen molar-refractivity contribution in [3.05, 3.63) is 41.7 Å². The molecule has 0 radical (unpaired) electrons. The minimum Gasteiger partial charge on any atom is -0.367 e. The lowest BCUT2D eigenvalue weighted by molar-refractivity contribution is -0.137. The first-order chi connectivity index (χ1) is 7.95. The van der Waals surface area contributed by atoms with Gasteiger partial charge in [0.1, 0.15) is 6.33 Å². The average molecular weight is 242 g/mol. The van der Waals surface area contributed by atoms with Crippen LogP contribution in [0.1, 0.15) is 11.1 Å². The Labute approximate surface area is 94.9 Å². The Balaban J connectivity index is 2.22. The summed E-state index contributed by atoms with van der Waals surface area (Å²) >= 11 is 0. The number of hydrogen-bond donors (Lipinski definition) is 1. The Hall–Kier alpha value is -2.05. The third kappa shape index (κ3) is 2.74. The molecule has 0 atom stereocenters. The van der Waals surface area contributed by atoms with Gasteiger partial charge < -0.3 is 5.73 Å². The number of nitrogen functional groups attached to an aromatic ring is 1. The van der Waals surface area contributed by atoms with Crippen LogP contribution in [0.15, 0.2) is 30.6 Å². The highest BCUT2D eigenvalue weighted by molar-refractivity contribution is 5.25. The van der Waals surface area contributed by atoms with Crippen molar-refractivity contribution in [3.8, 4) is 0 Å². The van der Waals surface area contributed by atoms with Crippen molar-refractivity contribution in [1.29, 1.82) is 0 Å². The molecular weight excluding hydrogens is 233 g/mol. The molecule has 0 unspecified atom stereocenters. The minimum absolute atomic E-state index is 0.0944. The molecule has 0 spiro atoms. The van der Waals surface area contributed by atoms with E-state index >= 15 is 0 Å². The summed E-state index contributed by atoms with van der Waals surface area (Å²) in [4.78, 5) is 3.69. The van der Waals surface area contributed by atoms with Crippen LogP contribution in [0.2, 0.25) is 0 Å². The van der Waals surface area contributed by atoms with Crippen LogP contribution in [0.5, 0.6) is 0 Å². The first-order valence-corrected chi connectivity index (χ1v) is 4.76. The van der Waals surface area contributed by atoms with E-state index in [0.717, 1.165) is 12.1 Å². The van der Waals surface area contributed by atoms with Crippen LogP contribution >= 0.6 is 0 Å². The minimum atomic E-state index is -4.34. The summed E-state index contributed by atoms with van der Waals surface area (Å²) in [6, 6.07) is 5.06. The fourth-order valence-electron chi connectivity index (χ4n) is 1.42. The van der Waals surface area contributed by atoms with Crippen LogP contribution in [-0.4, -0.2) is 14.8 Å². The van der Waals surface area contributed by atoms with Gasteiger partial charge in [-0.3, -0.25) is 0 Å². The molecule has 0 saturated carbocycles. The Kier molecular flexibility index (Phi) is 2.74. The third-order valence-corrected chi connectivity index (χ3v) is 2.15. The summed E-state index contributed by atoms with van der Waals surface area (Å²) < 4.78 is 38.7. The molecule has 1 aromatic carbocycles. The molecule has 0 saturated heterocycles. The van der Waals surface area contributed by atoms with Crippen LogP contribution in [0.25, 0.3) is 0 Å². The van der Waals surface area contributed by atoms with E-state index in [1.165, 1.54) is 17.1 Å². The summed E-state index contributed by atoms with van der Waals surface area (Å²) in [5.74, 6) is 0.0944. The van der Waals surface area contributed by atoms with E-state index in [9.17, 15) is 13.2 Å². The normalized spacial score (nSPS) is 11.7. The van der Waals surface area contributed by atoms with Gasteiger partial charge in [0, 0.05) is 0 Å². The van der Waals surface area contributed by atoms with Crippen LogP contribution in [0.4, 0.5) is 19.1 Å². The third-order valence-electron chi connectivity index (χ3n) is 2.15. The second-order valence-electron chi connectivity index (χ2n) is 3.50. The van der Waals surface area contributed by atoms with Gasteiger partial charge in [-0.2, -0.15) is 13.2 Å².